The van der Waals surface area contributed by atoms with Crippen molar-refractivity contribution in [2.75, 3.05) is 0 Å². The van der Waals surface area contributed by atoms with Crippen molar-refractivity contribution in [3.8, 4) is 0 Å². The average molecular weight is 169 g/mol. The summed E-state index contributed by atoms with van der Waals surface area (Å²) in [5, 5.41) is 10.6. The van der Waals surface area contributed by atoms with Gasteiger partial charge in [0.05, 0.1) is 0 Å². The minimum absolute atomic E-state index is 0. The molecule has 1 heterocycles. The summed E-state index contributed by atoms with van der Waals surface area (Å²) < 4.78 is 0. The van der Waals surface area contributed by atoms with Crippen LogP contribution < -0.4 is 5.32 Å². The molecule has 52 valence electrons. The SMILES string of the molecule is O=C1CCC(C(=O)O)N1.[KH]. The fourth-order valence-corrected chi connectivity index (χ4v) is 0.799. The van der Waals surface area contributed by atoms with E-state index >= 15 is 0 Å². The van der Waals surface area contributed by atoms with Crippen LogP contribution in [0.4, 0.5) is 0 Å². The maximum atomic E-state index is 10.4. The molecule has 1 amide bonds. The van der Waals surface area contributed by atoms with Crippen LogP contribution in [0.2, 0.25) is 0 Å². The Labute approximate surface area is 101 Å². The van der Waals surface area contributed by atoms with Crippen LogP contribution >= 0.6 is 0 Å². The van der Waals surface area contributed by atoms with E-state index in [2.05, 4.69) is 5.32 Å². The molecular weight excluding hydrogens is 161 g/mol. The van der Waals surface area contributed by atoms with Crippen LogP contribution in [0.3, 0.4) is 0 Å². The zero-order valence-corrected chi connectivity index (χ0v) is 4.76. The van der Waals surface area contributed by atoms with Crippen molar-refractivity contribution in [1.29, 1.82) is 0 Å². The van der Waals surface area contributed by atoms with Crippen molar-refractivity contribution in [1.82, 2.24) is 5.32 Å². The van der Waals surface area contributed by atoms with Gasteiger partial charge in [0.15, 0.2) is 0 Å². The predicted octanol–water partition coefficient (Wildman–Crippen LogP) is -1.30. The van der Waals surface area contributed by atoms with Crippen LogP contribution in [0, 0.1) is 0 Å². The standard InChI is InChI=1S/C5H7NO3.K.H/c7-4-2-1-3(6-4)5(8)9;;/h3H,1-2H2,(H,6,7)(H,8,9);;. The number of carbonyl (C=O) groups excluding carboxylic acids is 1. The molecule has 0 aliphatic carbocycles. The normalized spacial score (nSPS) is 23.2. The molecule has 1 unspecified atom stereocenters. The first-order valence-corrected chi connectivity index (χ1v) is 2.72. The van der Waals surface area contributed by atoms with Gasteiger partial charge in [0.2, 0.25) is 5.91 Å². The summed E-state index contributed by atoms with van der Waals surface area (Å²) in [6.07, 6.45) is 0.769. The van der Waals surface area contributed by atoms with Crippen molar-refractivity contribution in [3.63, 3.8) is 0 Å². The van der Waals surface area contributed by atoms with Crippen LogP contribution in [-0.2, 0) is 9.59 Å². The zero-order chi connectivity index (χ0) is 6.85. The number of amides is 1. The molecule has 1 rings (SSSR count). The van der Waals surface area contributed by atoms with Gasteiger partial charge in [-0.3, -0.25) is 4.79 Å². The molecule has 0 aromatic rings. The van der Waals surface area contributed by atoms with E-state index in [9.17, 15) is 9.59 Å². The van der Waals surface area contributed by atoms with Gasteiger partial charge in [0.25, 0.3) is 0 Å². The first kappa shape index (κ1) is 10.6. The Morgan fingerprint density at radius 1 is 1.70 bits per heavy atom. The van der Waals surface area contributed by atoms with E-state index in [4.69, 9.17) is 5.11 Å². The predicted molar refractivity (Wildman–Crippen MR) is 35.9 cm³/mol. The van der Waals surface area contributed by atoms with Crippen molar-refractivity contribution >= 4 is 63.3 Å². The molecule has 1 fully saturated rings. The molecule has 0 bridgehead atoms. The van der Waals surface area contributed by atoms with Gasteiger partial charge in [-0.15, -0.1) is 0 Å². The number of nitrogens with one attached hydrogen (secondary N) is 1. The van der Waals surface area contributed by atoms with E-state index in [1.807, 2.05) is 0 Å². The van der Waals surface area contributed by atoms with E-state index in [-0.39, 0.29) is 57.3 Å². The van der Waals surface area contributed by atoms with Crippen molar-refractivity contribution < 1.29 is 14.7 Å². The Kier molecular flexibility index (Phi) is 4.71. The molecule has 1 aliphatic rings. The molecule has 4 nitrogen and oxygen atoms in total. The third kappa shape index (κ3) is 2.67. The van der Waals surface area contributed by atoms with E-state index in [1.165, 1.54) is 0 Å². The molecule has 1 atom stereocenters. The molecule has 2 N–H and O–H groups in total. The average Bonchev–Trinajstić information content (AvgIpc) is 2.14. The van der Waals surface area contributed by atoms with E-state index in [0.29, 0.717) is 12.8 Å². The molecule has 0 spiro atoms. The van der Waals surface area contributed by atoms with Gasteiger partial charge in [-0.25, -0.2) is 4.79 Å². The maximum absolute atomic E-state index is 10.4. The molecule has 0 aromatic carbocycles. The van der Waals surface area contributed by atoms with Crippen LogP contribution in [0.15, 0.2) is 0 Å². The Hall–Kier alpha value is 0.576. The monoisotopic (exact) mass is 169 g/mol. The first-order valence-electron chi connectivity index (χ1n) is 2.72. The summed E-state index contributed by atoms with van der Waals surface area (Å²) in [5.74, 6) is -1.11. The third-order valence-corrected chi connectivity index (χ3v) is 1.29. The van der Waals surface area contributed by atoms with E-state index in [1.54, 1.807) is 0 Å². The minimum atomic E-state index is -0.944. The van der Waals surface area contributed by atoms with Crippen molar-refractivity contribution in [2.45, 2.75) is 18.9 Å². The summed E-state index contributed by atoms with van der Waals surface area (Å²) >= 11 is 0. The fraction of sp³-hybridized carbons (Fsp3) is 0.600. The number of carboxylic acids is 1. The van der Waals surface area contributed by atoms with Crippen LogP contribution in [-0.4, -0.2) is 74.4 Å². The molecule has 0 radical (unpaired) electrons. The van der Waals surface area contributed by atoms with E-state index < -0.39 is 12.0 Å². The topological polar surface area (TPSA) is 66.4 Å². The summed E-state index contributed by atoms with van der Waals surface area (Å²) in [6.45, 7) is 0. The molecule has 0 saturated carbocycles. The summed E-state index contributed by atoms with van der Waals surface area (Å²) in [7, 11) is 0. The number of carbonyl (C=O) groups is 2. The van der Waals surface area contributed by atoms with Crippen molar-refractivity contribution in [3.05, 3.63) is 0 Å². The Morgan fingerprint density at radius 3 is 2.50 bits per heavy atom. The number of rotatable bonds is 1. The van der Waals surface area contributed by atoms with Crippen LogP contribution in [0.1, 0.15) is 12.8 Å². The molecule has 1 aliphatic heterocycles. The van der Waals surface area contributed by atoms with Crippen molar-refractivity contribution in [2.24, 2.45) is 0 Å². The number of carboxylic acid groups (broad SMARTS) is 1. The number of hydrogen-bond acceptors (Lipinski definition) is 2. The second-order valence-electron chi connectivity index (χ2n) is 2.00. The van der Waals surface area contributed by atoms with Crippen LogP contribution in [0.25, 0.3) is 0 Å². The molecule has 1 saturated heterocycles. The molecule has 5 heteroatoms. The first-order chi connectivity index (χ1) is 4.20. The Balaban J connectivity index is 0.000000810. The third-order valence-electron chi connectivity index (χ3n) is 1.29. The number of hydrogen-bond donors (Lipinski definition) is 2. The Morgan fingerprint density at radius 2 is 2.30 bits per heavy atom. The second-order valence-corrected chi connectivity index (χ2v) is 2.00. The van der Waals surface area contributed by atoms with Gasteiger partial charge in [0, 0.05) is 6.42 Å². The van der Waals surface area contributed by atoms with Gasteiger partial charge in [-0.2, -0.15) is 0 Å². The fourth-order valence-electron chi connectivity index (χ4n) is 0.799. The van der Waals surface area contributed by atoms with Crippen LogP contribution in [0.5, 0.6) is 0 Å². The number of aliphatic carboxylic acids is 1. The summed E-state index contributed by atoms with van der Waals surface area (Å²) in [5.41, 5.74) is 0. The van der Waals surface area contributed by atoms with Gasteiger partial charge in [-0.1, -0.05) is 0 Å². The quantitative estimate of drug-likeness (QED) is 0.479. The van der Waals surface area contributed by atoms with Gasteiger partial charge in [-0.05, 0) is 6.42 Å². The summed E-state index contributed by atoms with van der Waals surface area (Å²) in [4.78, 5) is 20.5. The summed E-state index contributed by atoms with van der Waals surface area (Å²) in [6, 6.07) is -0.641. The second kappa shape index (κ2) is 4.45. The molecular formula is C5H8KNO3. The zero-order valence-electron chi connectivity index (χ0n) is 4.76. The van der Waals surface area contributed by atoms with E-state index in [0.717, 1.165) is 0 Å². The Bertz CT molecular complexity index is 159. The molecule has 0 aromatic heterocycles. The van der Waals surface area contributed by atoms with Gasteiger partial charge in [0.1, 0.15) is 6.04 Å². The van der Waals surface area contributed by atoms with Gasteiger partial charge < -0.3 is 10.4 Å². The van der Waals surface area contributed by atoms with Gasteiger partial charge >= 0.3 is 57.4 Å². The molecule has 10 heavy (non-hydrogen) atoms.